The second-order valence-electron chi connectivity index (χ2n) is 6.10. The second kappa shape index (κ2) is 8.24. The number of ether oxygens (including phenoxy) is 1. The lowest BCUT2D eigenvalue weighted by atomic mass is 10.1. The van der Waals surface area contributed by atoms with Gasteiger partial charge in [0.2, 0.25) is 0 Å². The van der Waals surface area contributed by atoms with Crippen molar-refractivity contribution in [2.24, 2.45) is 0 Å². The van der Waals surface area contributed by atoms with Crippen LogP contribution in [0.5, 0.6) is 5.75 Å². The van der Waals surface area contributed by atoms with E-state index in [-0.39, 0.29) is 11.5 Å². The zero-order chi connectivity index (χ0) is 20.3. The van der Waals surface area contributed by atoms with Gasteiger partial charge in [-0.25, -0.2) is 0 Å². The van der Waals surface area contributed by atoms with Crippen molar-refractivity contribution in [2.75, 3.05) is 5.75 Å². The lowest BCUT2D eigenvalue weighted by molar-refractivity contribution is -0.274. The zero-order valence-electron chi connectivity index (χ0n) is 15.1. The third-order valence-electron chi connectivity index (χ3n) is 4.02. The Hall–Kier alpha value is -2.52. The van der Waals surface area contributed by atoms with Crippen molar-refractivity contribution in [2.45, 2.75) is 31.5 Å². The van der Waals surface area contributed by atoms with Gasteiger partial charge < -0.3 is 9.84 Å². The molecule has 9 heteroatoms. The van der Waals surface area contributed by atoms with E-state index < -0.39 is 12.5 Å². The minimum atomic E-state index is -4.74. The maximum Gasteiger partial charge on any atom is 0.573 e. The van der Waals surface area contributed by atoms with Gasteiger partial charge in [-0.3, -0.25) is 4.57 Å². The number of hydrogen-bond donors (Lipinski definition) is 1. The lowest BCUT2D eigenvalue weighted by Gasteiger charge is -2.14. The van der Waals surface area contributed by atoms with Crippen LogP contribution in [0.25, 0.3) is 5.69 Å². The van der Waals surface area contributed by atoms with Gasteiger partial charge >= 0.3 is 6.36 Å². The summed E-state index contributed by atoms with van der Waals surface area (Å²) in [6, 6.07) is 13.0. The quantitative estimate of drug-likeness (QED) is 0.603. The number of aryl methyl sites for hydroxylation is 2. The molecule has 148 valence electrons. The van der Waals surface area contributed by atoms with Crippen LogP contribution < -0.4 is 4.74 Å². The highest BCUT2D eigenvalue weighted by molar-refractivity contribution is 7.99. The number of alkyl halides is 3. The van der Waals surface area contributed by atoms with Crippen LogP contribution in [-0.2, 0) is 0 Å². The van der Waals surface area contributed by atoms with Gasteiger partial charge in [0.1, 0.15) is 11.6 Å². The van der Waals surface area contributed by atoms with Crippen LogP contribution in [0.15, 0.2) is 53.7 Å². The summed E-state index contributed by atoms with van der Waals surface area (Å²) in [6.45, 7) is 3.84. The highest BCUT2D eigenvalue weighted by Gasteiger charge is 2.31. The summed E-state index contributed by atoms with van der Waals surface area (Å²) in [5.41, 5.74) is 2.50. The van der Waals surface area contributed by atoms with Crippen molar-refractivity contribution in [3.8, 4) is 11.4 Å². The number of aliphatic hydroxyl groups excluding tert-OH is 1. The molecule has 1 aromatic heterocycles. The molecule has 5 nitrogen and oxygen atoms in total. The molecular weight excluding hydrogens is 391 g/mol. The van der Waals surface area contributed by atoms with E-state index in [0.717, 1.165) is 17.1 Å². The molecular formula is C19H18F3N3O2S. The van der Waals surface area contributed by atoms with E-state index in [1.165, 1.54) is 36.0 Å². The molecule has 28 heavy (non-hydrogen) atoms. The Morgan fingerprint density at radius 1 is 1.07 bits per heavy atom. The number of rotatable bonds is 6. The molecule has 1 heterocycles. The molecule has 0 amide bonds. The highest BCUT2D eigenvalue weighted by Crippen LogP contribution is 2.29. The molecule has 1 unspecified atom stereocenters. The number of thioether (sulfide) groups is 1. The van der Waals surface area contributed by atoms with E-state index in [1.54, 1.807) is 0 Å². The van der Waals surface area contributed by atoms with Crippen LogP contribution in [0.2, 0.25) is 0 Å². The average Bonchev–Trinajstić information content (AvgIpc) is 3.00. The number of nitrogens with zero attached hydrogens (tertiary/aromatic N) is 3. The molecule has 3 aromatic rings. The Morgan fingerprint density at radius 2 is 1.75 bits per heavy atom. The minimum Gasteiger partial charge on any atom is -0.406 e. The van der Waals surface area contributed by atoms with E-state index in [9.17, 15) is 18.3 Å². The van der Waals surface area contributed by atoms with Gasteiger partial charge in [-0.1, -0.05) is 42.1 Å². The molecule has 0 radical (unpaired) electrons. The molecule has 1 N–H and O–H groups in total. The summed E-state index contributed by atoms with van der Waals surface area (Å²) in [6.07, 6.45) is -5.62. The van der Waals surface area contributed by atoms with Crippen molar-refractivity contribution < 1.29 is 23.0 Å². The summed E-state index contributed by atoms with van der Waals surface area (Å²) in [7, 11) is 0. The van der Waals surface area contributed by atoms with E-state index in [0.29, 0.717) is 10.7 Å². The first-order chi connectivity index (χ1) is 13.2. The largest absolute Gasteiger partial charge is 0.573 e. The van der Waals surface area contributed by atoms with Crippen LogP contribution in [0.1, 0.15) is 23.1 Å². The third kappa shape index (κ3) is 4.85. The fraction of sp³-hybridized carbons (Fsp3) is 0.263. The Morgan fingerprint density at radius 3 is 2.39 bits per heavy atom. The average molecular weight is 409 g/mol. The van der Waals surface area contributed by atoms with Crippen molar-refractivity contribution in [3.05, 3.63) is 65.5 Å². The van der Waals surface area contributed by atoms with Gasteiger partial charge in [-0.15, -0.1) is 23.4 Å². The van der Waals surface area contributed by atoms with Gasteiger partial charge in [-0.05, 0) is 43.2 Å². The molecule has 0 saturated heterocycles. The Kier molecular flexibility index (Phi) is 5.95. The van der Waals surface area contributed by atoms with Gasteiger partial charge in [0.25, 0.3) is 0 Å². The predicted molar refractivity (Wildman–Crippen MR) is 99.6 cm³/mol. The second-order valence-corrected chi connectivity index (χ2v) is 7.08. The first-order valence-electron chi connectivity index (χ1n) is 8.39. The van der Waals surface area contributed by atoms with E-state index >= 15 is 0 Å². The van der Waals surface area contributed by atoms with Crippen LogP contribution in [-0.4, -0.2) is 32.0 Å². The summed E-state index contributed by atoms with van der Waals surface area (Å²) in [4.78, 5) is 0. The smallest absolute Gasteiger partial charge is 0.406 e. The monoisotopic (exact) mass is 409 g/mol. The SMILES string of the molecule is Cc1ccccc1-n1c(C)nnc1SCC(O)c1ccc(OC(F)(F)F)cc1. The molecule has 3 rings (SSSR count). The maximum absolute atomic E-state index is 12.2. The van der Waals surface area contributed by atoms with E-state index in [2.05, 4.69) is 14.9 Å². The van der Waals surface area contributed by atoms with Gasteiger partial charge in [-0.2, -0.15) is 0 Å². The number of para-hydroxylation sites is 1. The molecule has 0 bridgehead atoms. The van der Waals surface area contributed by atoms with Gasteiger partial charge in [0.15, 0.2) is 5.16 Å². The number of aliphatic hydroxyl groups is 1. The standard InChI is InChI=1S/C19H18F3N3O2S/c1-12-5-3-4-6-16(12)25-13(2)23-24-18(25)28-11-17(26)14-7-9-15(10-8-14)27-19(20,21)22/h3-10,17,26H,11H2,1-2H3. The molecule has 0 saturated carbocycles. The summed E-state index contributed by atoms with van der Waals surface area (Å²) >= 11 is 1.32. The first-order valence-corrected chi connectivity index (χ1v) is 9.38. The summed E-state index contributed by atoms with van der Waals surface area (Å²) < 4.78 is 42.4. The first kappa shape index (κ1) is 20.2. The number of benzene rings is 2. The number of halogens is 3. The van der Waals surface area contributed by atoms with Gasteiger partial charge in [0, 0.05) is 5.75 Å². The number of aromatic nitrogens is 3. The third-order valence-corrected chi connectivity index (χ3v) is 5.03. The lowest BCUT2D eigenvalue weighted by Crippen LogP contribution is -2.17. The van der Waals surface area contributed by atoms with Crippen LogP contribution >= 0.6 is 11.8 Å². The molecule has 0 spiro atoms. The van der Waals surface area contributed by atoms with Crippen molar-refractivity contribution in [1.29, 1.82) is 0 Å². The molecule has 0 aliphatic rings. The van der Waals surface area contributed by atoms with E-state index in [1.807, 2.05) is 42.7 Å². The Balaban J connectivity index is 1.70. The fourth-order valence-corrected chi connectivity index (χ4v) is 3.63. The Labute approximate surface area is 164 Å². The topological polar surface area (TPSA) is 60.2 Å². The van der Waals surface area contributed by atoms with Crippen molar-refractivity contribution in [3.63, 3.8) is 0 Å². The predicted octanol–water partition coefficient (Wildman–Crippen LogP) is 4.61. The summed E-state index contributed by atoms with van der Waals surface area (Å²) in [5, 5.41) is 19.3. The molecule has 0 fully saturated rings. The Bertz CT molecular complexity index is 942. The number of hydrogen-bond acceptors (Lipinski definition) is 5. The van der Waals surface area contributed by atoms with Crippen LogP contribution in [0.4, 0.5) is 13.2 Å². The zero-order valence-corrected chi connectivity index (χ0v) is 16.0. The summed E-state index contributed by atoms with van der Waals surface area (Å²) in [5.74, 6) is 0.662. The van der Waals surface area contributed by atoms with Crippen molar-refractivity contribution >= 4 is 11.8 Å². The fourth-order valence-electron chi connectivity index (χ4n) is 2.67. The molecule has 2 aromatic carbocycles. The minimum absolute atomic E-state index is 0.267. The normalized spacial score (nSPS) is 12.8. The van der Waals surface area contributed by atoms with Crippen LogP contribution in [0.3, 0.4) is 0 Å². The molecule has 0 aliphatic carbocycles. The highest BCUT2D eigenvalue weighted by atomic mass is 32.2. The van der Waals surface area contributed by atoms with Crippen molar-refractivity contribution in [1.82, 2.24) is 14.8 Å². The molecule has 0 aliphatic heterocycles. The van der Waals surface area contributed by atoms with E-state index in [4.69, 9.17) is 0 Å². The maximum atomic E-state index is 12.2. The molecule has 1 atom stereocenters. The van der Waals surface area contributed by atoms with Gasteiger partial charge in [0.05, 0.1) is 11.8 Å². The van der Waals surface area contributed by atoms with Crippen LogP contribution in [0, 0.1) is 13.8 Å².